The van der Waals surface area contributed by atoms with Gasteiger partial charge in [-0.25, -0.2) is 13.1 Å². The lowest BCUT2D eigenvalue weighted by Gasteiger charge is -2.08. The number of phenolic OH excluding ortho intramolecular Hbond substituents is 1. The third-order valence-electron chi connectivity index (χ3n) is 4.93. The van der Waals surface area contributed by atoms with Gasteiger partial charge in [-0.1, -0.05) is 76.8 Å². The van der Waals surface area contributed by atoms with E-state index in [0.717, 1.165) is 23.6 Å². The molecule has 27 heavy (non-hydrogen) atoms. The zero-order valence-electron chi connectivity index (χ0n) is 16.4. The quantitative estimate of drug-likeness (QED) is 0.428. The third kappa shape index (κ3) is 7.51. The van der Waals surface area contributed by atoms with E-state index < -0.39 is 10.0 Å². The Bertz CT molecular complexity index is 802. The second-order valence-electron chi connectivity index (χ2n) is 7.27. The Morgan fingerprint density at radius 2 is 1.33 bits per heavy atom. The fourth-order valence-corrected chi connectivity index (χ4v) is 4.39. The van der Waals surface area contributed by atoms with Crippen LogP contribution in [-0.2, 0) is 10.0 Å². The second kappa shape index (κ2) is 11.3. The van der Waals surface area contributed by atoms with E-state index in [4.69, 9.17) is 0 Å². The minimum Gasteiger partial charge on any atom is -0.508 e. The number of fused-ring (bicyclic) bond motifs is 1. The van der Waals surface area contributed by atoms with E-state index in [-0.39, 0.29) is 10.6 Å². The molecule has 0 aliphatic carbocycles. The fourth-order valence-electron chi connectivity index (χ4n) is 3.28. The summed E-state index contributed by atoms with van der Waals surface area (Å²) >= 11 is 0. The van der Waals surface area contributed by atoms with Crippen molar-refractivity contribution in [2.75, 3.05) is 6.54 Å². The summed E-state index contributed by atoms with van der Waals surface area (Å²) in [4.78, 5) is 0.271. The highest BCUT2D eigenvalue weighted by molar-refractivity contribution is 7.89. The van der Waals surface area contributed by atoms with Gasteiger partial charge in [0, 0.05) is 6.54 Å². The maximum Gasteiger partial charge on any atom is 0.240 e. The zero-order chi connectivity index (χ0) is 19.5. The van der Waals surface area contributed by atoms with Gasteiger partial charge in [0.05, 0.1) is 4.90 Å². The standard InChI is InChI=1S/C22H33NO3S/c1-2-3-4-5-6-7-8-9-10-11-16-23-27(25,26)22-15-13-19-17-21(24)14-12-20(19)18-22/h12-15,17-18,23-24H,2-11,16H2,1H3. The number of aromatic hydroxyl groups is 1. The van der Waals surface area contributed by atoms with Gasteiger partial charge in [-0.3, -0.25) is 0 Å². The van der Waals surface area contributed by atoms with E-state index >= 15 is 0 Å². The number of sulfonamides is 1. The molecule has 0 heterocycles. The van der Waals surface area contributed by atoms with Crippen molar-refractivity contribution >= 4 is 20.8 Å². The molecule has 0 unspecified atom stereocenters. The van der Waals surface area contributed by atoms with Crippen molar-refractivity contribution in [2.45, 2.75) is 76.0 Å². The van der Waals surface area contributed by atoms with Crippen LogP contribution in [0.25, 0.3) is 10.8 Å². The monoisotopic (exact) mass is 391 g/mol. The summed E-state index contributed by atoms with van der Waals surface area (Å²) in [6.45, 7) is 2.71. The summed E-state index contributed by atoms with van der Waals surface area (Å²) in [5.41, 5.74) is 0. The first-order valence-corrected chi connectivity index (χ1v) is 11.7. The molecule has 2 aromatic carbocycles. The first-order valence-electron chi connectivity index (χ1n) is 10.3. The number of phenols is 1. The Balaban J connectivity index is 1.67. The molecule has 2 rings (SSSR count). The van der Waals surface area contributed by atoms with Crippen LogP contribution in [0.1, 0.15) is 71.1 Å². The molecule has 150 valence electrons. The third-order valence-corrected chi connectivity index (χ3v) is 6.39. The topological polar surface area (TPSA) is 66.4 Å². The lowest BCUT2D eigenvalue weighted by atomic mass is 10.1. The summed E-state index contributed by atoms with van der Waals surface area (Å²) in [7, 11) is -3.48. The molecule has 0 bridgehead atoms. The average Bonchev–Trinajstić information content (AvgIpc) is 2.65. The number of benzene rings is 2. The molecule has 0 saturated carbocycles. The van der Waals surface area contributed by atoms with Gasteiger partial charge in [-0.05, 0) is 41.5 Å². The van der Waals surface area contributed by atoms with Crippen LogP contribution in [0, 0.1) is 0 Å². The number of unbranched alkanes of at least 4 members (excludes halogenated alkanes) is 9. The van der Waals surface area contributed by atoms with Gasteiger partial charge in [0.25, 0.3) is 0 Å². The van der Waals surface area contributed by atoms with Crippen molar-refractivity contribution in [3.8, 4) is 5.75 Å². The van der Waals surface area contributed by atoms with Crippen LogP contribution in [0.3, 0.4) is 0 Å². The Hall–Kier alpha value is -1.59. The average molecular weight is 392 g/mol. The highest BCUT2D eigenvalue weighted by atomic mass is 32.2. The van der Waals surface area contributed by atoms with Gasteiger partial charge in [-0.15, -0.1) is 0 Å². The summed E-state index contributed by atoms with van der Waals surface area (Å²) < 4.78 is 27.6. The molecule has 0 aliphatic heterocycles. The summed E-state index contributed by atoms with van der Waals surface area (Å²) in [5, 5.41) is 11.1. The molecule has 2 aromatic rings. The van der Waals surface area contributed by atoms with Crippen molar-refractivity contribution in [1.29, 1.82) is 0 Å². The van der Waals surface area contributed by atoms with Crippen LogP contribution in [0.15, 0.2) is 41.3 Å². The lowest BCUT2D eigenvalue weighted by Crippen LogP contribution is -2.24. The number of nitrogens with one attached hydrogen (secondary N) is 1. The molecule has 0 aliphatic rings. The van der Waals surface area contributed by atoms with E-state index in [9.17, 15) is 13.5 Å². The molecule has 0 aromatic heterocycles. The highest BCUT2D eigenvalue weighted by Gasteiger charge is 2.13. The van der Waals surface area contributed by atoms with E-state index in [0.29, 0.717) is 6.54 Å². The normalized spacial score (nSPS) is 11.9. The van der Waals surface area contributed by atoms with Crippen LogP contribution >= 0.6 is 0 Å². The smallest absolute Gasteiger partial charge is 0.240 e. The number of hydrogen-bond donors (Lipinski definition) is 2. The Labute approximate surface area is 164 Å². The fraction of sp³-hybridized carbons (Fsp3) is 0.545. The first kappa shape index (κ1) is 21.7. The Morgan fingerprint density at radius 1 is 0.778 bits per heavy atom. The van der Waals surface area contributed by atoms with Crippen molar-refractivity contribution in [2.24, 2.45) is 0 Å². The molecule has 0 radical (unpaired) electrons. The van der Waals surface area contributed by atoms with Crippen molar-refractivity contribution < 1.29 is 13.5 Å². The molecule has 4 nitrogen and oxygen atoms in total. The van der Waals surface area contributed by atoms with E-state index in [1.807, 2.05) is 0 Å². The summed E-state index contributed by atoms with van der Waals surface area (Å²) in [6.07, 6.45) is 12.3. The number of rotatable bonds is 13. The molecule has 2 N–H and O–H groups in total. The van der Waals surface area contributed by atoms with Crippen LogP contribution in [0.4, 0.5) is 0 Å². The molecule has 0 spiro atoms. The van der Waals surface area contributed by atoms with Crippen LogP contribution in [-0.4, -0.2) is 20.1 Å². The minimum absolute atomic E-state index is 0.178. The van der Waals surface area contributed by atoms with Gasteiger partial charge in [0.1, 0.15) is 5.75 Å². The van der Waals surface area contributed by atoms with Crippen molar-refractivity contribution in [1.82, 2.24) is 4.72 Å². The van der Waals surface area contributed by atoms with Gasteiger partial charge in [-0.2, -0.15) is 0 Å². The SMILES string of the molecule is CCCCCCCCCCCCNS(=O)(=O)c1ccc2cc(O)ccc2c1. The lowest BCUT2D eigenvalue weighted by molar-refractivity contribution is 0.476. The maximum atomic E-state index is 12.4. The van der Waals surface area contributed by atoms with Crippen molar-refractivity contribution in [3.63, 3.8) is 0 Å². The minimum atomic E-state index is -3.48. The zero-order valence-corrected chi connectivity index (χ0v) is 17.2. The van der Waals surface area contributed by atoms with Gasteiger partial charge >= 0.3 is 0 Å². The van der Waals surface area contributed by atoms with Crippen LogP contribution in [0.5, 0.6) is 5.75 Å². The highest BCUT2D eigenvalue weighted by Crippen LogP contribution is 2.23. The number of hydrogen-bond acceptors (Lipinski definition) is 3. The van der Waals surface area contributed by atoms with E-state index in [2.05, 4.69) is 11.6 Å². The maximum absolute atomic E-state index is 12.4. The predicted octanol–water partition coefficient (Wildman–Crippen LogP) is 5.74. The molecule has 0 fully saturated rings. The van der Waals surface area contributed by atoms with Gasteiger partial charge in [0.15, 0.2) is 0 Å². The predicted molar refractivity (Wildman–Crippen MR) is 113 cm³/mol. The van der Waals surface area contributed by atoms with Crippen molar-refractivity contribution in [3.05, 3.63) is 36.4 Å². The second-order valence-corrected chi connectivity index (χ2v) is 9.04. The van der Waals surface area contributed by atoms with Crippen LogP contribution < -0.4 is 4.72 Å². The molecular weight excluding hydrogens is 358 g/mol. The Morgan fingerprint density at radius 3 is 2.00 bits per heavy atom. The van der Waals surface area contributed by atoms with E-state index in [1.165, 1.54) is 51.4 Å². The molecule has 0 atom stereocenters. The first-order chi connectivity index (χ1) is 13.0. The Kier molecular flexibility index (Phi) is 9.08. The van der Waals surface area contributed by atoms with Gasteiger partial charge < -0.3 is 5.11 Å². The summed E-state index contributed by atoms with van der Waals surface area (Å²) in [6, 6.07) is 9.88. The largest absolute Gasteiger partial charge is 0.508 e. The summed E-state index contributed by atoms with van der Waals surface area (Å²) in [5.74, 6) is 0.178. The van der Waals surface area contributed by atoms with E-state index in [1.54, 1.807) is 36.4 Å². The molecule has 0 saturated heterocycles. The molecule has 0 amide bonds. The molecule has 5 heteroatoms. The van der Waals surface area contributed by atoms with Crippen LogP contribution in [0.2, 0.25) is 0 Å². The van der Waals surface area contributed by atoms with Gasteiger partial charge in [0.2, 0.25) is 10.0 Å². The molecular formula is C22H33NO3S.